The zero-order valence-electron chi connectivity index (χ0n) is 9.48. The zero-order valence-corrected chi connectivity index (χ0v) is 9.48. The van der Waals surface area contributed by atoms with Gasteiger partial charge in [-0.1, -0.05) is 6.07 Å². The van der Waals surface area contributed by atoms with Crippen molar-refractivity contribution >= 4 is 5.91 Å². The normalized spacial score (nSPS) is 11.1. The summed E-state index contributed by atoms with van der Waals surface area (Å²) in [7, 11) is 0. The van der Waals surface area contributed by atoms with Gasteiger partial charge in [0.15, 0.2) is 0 Å². The predicted octanol–water partition coefficient (Wildman–Crippen LogP) is 2.39. The van der Waals surface area contributed by atoms with Crippen molar-refractivity contribution in [1.82, 2.24) is 15.3 Å². The van der Waals surface area contributed by atoms with Crippen molar-refractivity contribution in [3.63, 3.8) is 0 Å². The summed E-state index contributed by atoms with van der Waals surface area (Å²) in [5.41, 5.74) is 0.945. The first-order chi connectivity index (χ1) is 8.96. The molecule has 2 heterocycles. The van der Waals surface area contributed by atoms with Crippen molar-refractivity contribution in [2.24, 2.45) is 0 Å². The number of halogens is 3. The number of nitrogens with zero attached hydrogens (tertiary/aromatic N) is 2. The number of aromatic nitrogens is 2. The lowest BCUT2D eigenvalue weighted by atomic mass is 10.1. The molecule has 0 aliphatic carbocycles. The van der Waals surface area contributed by atoms with E-state index in [0.717, 1.165) is 5.32 Å². The third-order valence-corrected chi connectivity index (χ3v) is 2.24. The Balaban J connectivity index is 2.28. The number of amides is 1. The summed E-state index contributed by atoms with van der Waals surface area (Å²) in [4.78, 5) is 18.8. The van der Waals surface area contributed by atoms with Crippen LogP contribution in [0.4, 0.5) is 13.2 Å². The average molecular weight is 267 g/mol. The first kappa shape index (κ1) is 13.0. The van der Waals surface area contributed by atoms with Gasteiger partial charge in [0.05, 0.1) is 0 Å². The van der Waals surface area contributed by atoms with Crippen LogP contribution in [0.25, 0.3) is 11.1 Å². The second-order valence-electron chi connectivity index (χ2n) is 3.62. The highest BCUT2D eigenvalue weighted by Crippen LogP contribution is 2.18. The van der Waals surface area contributed by atoms with E-state index in [1.165, 1.54) is 12.3 Å². The third-order valence-electron chi connectivity index (χ3n) is 2.24. The maximum absolute atomic E-state index is 12.0. The van der Waals surface area contributed by atoms with Crippen LogP contribution in [0.3, 0.4) is 0 Å². The Hall–Kier alpha value is -2.44. The molecule has 0 spiro atoms. The van der Waals surface area contributed by atoms with Crippen LogP contribution in [0, 0.1) is 0 Å². The van der Waals surface area contributed by atoms with Crippen LogP contribution in [0.1, 0.15) is 10.5 Å². The summed E-state index contributed by atoms with van der Waals surface area (Å²) < 4.78 is 36.1. The van der Waals surface area contributed by atoms with Crippen LogP contribution in [0.2, 0.25) is 0 Å². The van der Waals surface area contributed by atoms with E-state index in [4.69, 9.17) is 0 Å². The number of alkyl halides is 3. The van der Waals surface area contributed by atoms with Crippen molar-refractivity contribution in [2.75, 3.05) is 0 Å². The first-order valence-corrected chi connectivity index (χ1v) is 5.21. The van der Waals surface area contributed by atoms with Gasteiger partial charge in [0.2, 0.25) is 0 Å². The molecule has 0 aliphatic rings. The fourth-order valence-electron chi connectivity index (χ4n) is 1.46. The van der Waals surface area contributed by atoms with Gasteiger partial charge in [-0.15, -0.1) is 0 Å². The molecule has 1 amide bonds. The highest BCUT2D eigenvalue weighted by atomic mass is 19.4. The van der Waals surface area contributed by atoms with Crippen LogP contribution in [0.15, 0.2) is 42.9 Å². The van der Waals surface area contributed by atoms with Crippen molar-refractivity contribution in [3.8, 4) is 11.1 Å². The molecule has 0 aliphatic heterocycles. The van der Waals surface area contributed by atoms with E-state index in [1.807, 2.05) is 0 Å². The average Bonchev–Trinajstić information content (AvgIpc) is 2.38. The molecule has 98 valence electrons. The molecule has 0 saturated carbocycles. The van der Waals surface area contributed by atoms with Crippen molar-refractivity contribution in [1.29, 1.82) is 0 Å². The number of rotatable bonds is 2. The van der Waals surface area contributed by atoms with Gasteiger partial charge >= 0.3 is 6.30 Å². The Morgan fingerprint density at radius 3 is 2.58 bits per heavy atom. The van der Waals surface area contributed by atoms with Crippen LogP contribution >= 0.6 is 0 Å². The van der Waals surface area contributed by atoms with E-state index in [9.17, 15) is 18.0 Å². The number of carbonyl (C=O) groups is 1. The zero-order chi connectivity index (χ0) is 13.9. The highest BCUT2D eigenvalue weighted by Gasteiger charge is 2.31. The molecule has 19 heavy (non-hydrogen) atoms. The molecular formula is C12H8F3N3O. The minimum absolute atomic E-state index is 0.307. The molecule has 0 atom stereocenters. The van der Waals surface area contributed by atoms with Gasteiger partial charge in [0, 0.05) is 24.2 Å². The van der Waals surface area contributed by atoms with E-state index >= 15 is 0 Å². The number of nitrogens with one attached hydrogen (secondary N) is 1. The van der Waals surface area contributed by atoms with Crippen molar-refractivity contribution in [2.45, 2.75) is 6.30 Å². The Bertz CT molecular complexity index is 584. The molecule has 0 unspecified atom stereocenters. The largest absolute Gasteiger partial charge is 0.484 e. The van der Waals surface area contributed by atoms with Gasteiger partial charge in [-0.2, -0.15) is 13.2 Å². The molecule has 0 radical (unpaired) electrons. The molecule has 0 fully saturated rings. The number of hydrogen-bond acceptors (Lipinski definition) is 3. The standard InChI is InChI=1S/C12H8F3N3O/c13-12(14,15)18-11(19)10-6-8(3-5-17-10)9-2-1-4-16-7-9/h1-7H,(H,18,19). The van der Waals surface area contributed by atoms with E-state index in [2.05, 4.69) is 9.97 Å². The van der Waals surface area contributed by atoms with Crippen LogP contribution in [0.5, 0.6) is 0 Å². The number of carbonyl (C=O) groups excluding carboxylic acids is 1. The highest BCUT2D eigenvalue weighted by molar-refractivity contribution is 5.93. The molecule has 0 aromatic carbocycles. The lowest BCUT2D eigenvalue weighted by Crippen LogP contribution is -2.37. The van der Waals surface area contributed by atoms with Crippen molar-refractivity contribution < 1.29 is 18.0 Å². The molecule has 7 heteroatoms. The molecule has 0 bridgehead atoms. The smallest absolute Gasteiger partial charge is 0.267 e. The molecule has 2 aromatic rings. The summed E-state index contributed by atoms with van der Waals surface area (Å²) in [5.74, 6) is -1.29. The molecular weight excluding hydrogens is 259 g/mol. The fourth-order valence-corrected chi connectivity index (χ4v) is 1.46. The Morgan fingerprint density at radius 2 is 1.95 bits per heavy atom. The van der Waals surface area contributed by atoms with Crippen LogP contribution < -0.4 is 5.32 Å². The Morgan fingerprint density at radius 1 is 1.16 bits per heavy atom. The summed E-state index contributed by atoms with van der Waals surface area (Å²) in [6, 6.07) is 6.28. The monoisotopic (exact) mass is 267 g/mol. The van der Waals surface area contributed by atoms with E-state index in [-0.39, 0.29) is 5.69 Å². The molecule has 0 saturated heterocycles. The summed E-state index contributed by atoms with van der Waals surface area (Å²) >= 11 is 0. The van der Waals surface area contributed by atoms with Gasteiger partial charge in [0.1, 0.15) is 5.69 Å². The molecule has 2 aromatic heterocycles. The second kappa shape index (κ2) is 5.05. The van der Waals surface area contributed by atoms with Gasteiger partial charge in [0.25, 0.3) is 5.91 Å². The van der Waals surface area contributed by atoms with E-state index < -0.39 is 12.2 Å². The van der Waals surface area contributed by atoms with Gasteiger partial charge in [-0.25, -0.2) is 0 Å². The molecule has 2 rings (SSSR count). The fraction of sp³-hybridized carbons (Fsp3) is 0.0833. The topological polar surface area (TPSA) is 54.9 Å². The van der Waals surface area contributed by atoms with Gasteiger partial charge < -0.3 is 0 Å². The van der Waals surface area contributed by atoms with Crippen molar-refractivity contribution in [3.05, 3.63) is 48.5 Å². The third kappa shape index (κ3) is 3.51. The van der Waals surface area contributed by atoms with E-state index in [0.29, 0.717) is 11.1 Å². The number of hydrogen-bond donors (Lipinski definition) is 1. The second-order valence-corrected chi connectivity index (χ2v) is 3.62. The van der Waals surface area contributed by atoms with E-state index in [1.54, 1.807) is 30.6 Å². The summed E-state index contributed by atoms with van der Waals surface area (Å²) in [5, 5.41) is 0.897. The van der Waals surface area contributed by atoms with Crippen LogP contribution in [-0.4, -0.2) is 22.2 Å². The SMILES string of the molecule is O=C(NC(F)(F)F)c1cc(-c2cccnc2)ccn1. The quantitative estimate of drug-likeness (QED) is 0.850. The van der Waals surface area contributed by atoms with Crippen LogP contribution in [-0.2, 0) is 0 Å². The Labute approximate surface area is 106 Å². The maximum atomic E-state index is 12.0. The van der Waals surface area contributed by atoms with Gasteiger partial charge in [-0.05, 0) is 23.8 Å². The minimum Gasteiger partial charge on any atom is -0.267 e. The summed E-state index contributed by atoms with van der Waals surface area (Å²) in [6.07, 6.45) is -0.389. The first-order valence-electron chi connectivity index (χ1n) is 5.21. The Kier molecular flexibility index (Phi) is 3.46. The lowest BCUT2D eigenvalue weighted by molar-refractivity contribution is -0.146. The van der Waals surface area contributed by atoms with Gasteiger partial charge in [-0.3, -0.25) is 20.1 Å². The summed E-state index contributed by atoms with van der Waals surface area (Å²) in [6.45, 7) is 0. The predicted molar refractivity (Wildman–Crippen MR) is 61.0 cm³/mol. The maximum Gasteiger partial charge on any atom is 0.484 e. The molecule has 1 N–H and O–H groups in total. The molecule has 4 nitrogen and oxygen atoms in total. The lowest BCUT2D eigenvalue weighted by Gasteiger charge is -2.08. The minimum atomic E-state index is -4.77. The number of pyridine rings is 2.